The Balaban J connectivity index is 2.19. The van der Waals surface area contributed by atoms with Crippen LogP contribution in [0.15, 0.2) is 59.5 Å². The van der Waals surface area contributed by atoms with Crippen molar-refractivity contribution in [2.45, 2.75) is 63.7 Å². The maximum atomic E-state index is 13.2. The van der Waals surface area contributed by atoms with Crippen molar-refractivity contribution in [3.63, 3.8) is 0 Å². The van der Waals surface area contributed by atoms with Crippen molar-refractivity contribution in [3.8, 4) is 12.0 Å². The number of hydrogen-bond acceptors (Lipinski definition) is 3. The maximum absolute atomic E-state index is 13.2. The van der Waals surface area contributed by atoms with Gasteiger partial charge in [-0.2, -0.15) is 0 Å². The molecule has 4 nitrogen and oxygen atoms in total. The summed E-state index contributed by atoms with van der Waals surface area (Å²) in [5, 5.41) is 0.133. The lowest BCUT2D eigenvalue weighted by Gasteiger charge is -2.35. The van der Waals surface area contributed by atoms with Crippen LogP contribution in [0.1, 0.15) is 38.3 Å². The van der Waals surface area contributed by atoms with Gasteiger partial charge in [-0.15, -0.1) is 0 Å². The molecule has 0 atom stereocenters. The molecule has 162 valence electrons. The van der Waals surface area contributed by atoms with Gasteiger partial charge in [0.15, 0.2) is 8.32 Å². The first-order valence-corrected chi connectivity index (χ1v) is 14.5. The molecule has 0 unspecified atom stereocenters. The van der Waals surface area contributed by atoms with Gasteiger partial charge in [0.05, 0.1) is 11.4 Å². The molecule has 0 bridgehead atoms. The summed E-state index contributed by atoms with van der Waals surface area (Å²) >= 11 is 0. The van der Waals surface area contributed by atoms with Gasteiger partial charge < -0.3 is 4.43 Å². The van der Waals surface area contributed by atoms with Crippen LogP contribution in [0.5, 0.6) is 0 Å². The Morgan fingerprint density at radius 2 is 1.60 bits per heavy atom. The highest BCUT2D eigenvalue weighted by atomic mass is 32.2. The summed E-state index contributed by atoms with van der Waals surface area (Å²) in [4.78, 5) is 0.246. The van der Waals surface area contributed by atoms with Crippen LogP contribution in [0, 0.1) is 18.9 Å². The number of aryl methyl sites for hydroxylation is 1. The van der Waals surface area contributed by atoms with E-state index in [1.54, 1.807) is 24.3 Å². The van der Waals surface area contributed by atoms with Gasteiger partial charge in [-0.1, -0.05) is 74.7 Å². The molecule has 0 amide bonds. The third-order valence-electron chi connectivity index (χ3n) is 5.48. The van der Waals surface area contributed by atoms with Gasteiger partial charge in [-0.25, -0.2) is 12.7 Å². The van der Waals surface area contributed by atoms with E-state index in [1.807, 2.05) is 37.3 Å². The predicted molar refractivity (Wildman–Crippen MR) is 126 cm³/mol. The molecule has 0 spiro atoms. The van der Waals surface area contributed by atoms with Crippen molar-refractivity contribution in [2.75, 3.05) is 6.61 Å². The van der Waals surface area contributed by atoms with E-state index in [9.17, 15) is 8.42 Å². The lowest BCUT2D eigenvalue weighted by Crippen LogP contribution is -2.40. The van der Waals surface area contributed by atoms with Gasteiger partial charge in [0.1, 0.15) is 0 Å². The fourth-order valence-corrected chi connectivity index (χ4v) is 4.77. The number of hydrogen-bond donors (Lipinski definition) is 0. The monoisotopic (exact) mass is 443 g/mol. The van der Waals surface area contributed by atoms with E-state index in [1.165, 1.54) is 4.31 Å². The van der Waals surface area contributed by atoms with Crippen LogP contribution < -0.4 is 0 Å². The predicted octanol–water partition coefficient (Wildman–Crippen LogP) is 5.56. The lowest BCUT2D eigenvalue weighted by molar-refractivity contribution is 0.296. The molecule has 0 fully saturated rings. The standard InChI is InChI=1S/C24H33NO3SSi/c1-21-14-16-23(17-15-21)29(26,27)25(20-22-12-8-7-9-13-22)18-10-11-19-28-30(5,6)24(2,3)4/h7-9,12-17H,11,19-20H2,1-6H3. The molecule has 0 saturated carbocycles. The topological polar surface area (TPSA) is 46.6 Å². The van der Waals surface area contributed by atoms with Gasteiger partial charge in [0.2, 0.25) is 0 Å². The van der Waals surface area contributed by atoms with E-state index < -0.39 is 18.3 Å². The summed E-state index contributed by atoms with van der Waals surface area (Å²) < 4.78 is 33.8. The molecule has 0 N–H and O–H groups in total. The lowest BCUT2D eigenvalue weighted by atomic mass is 10.2. The van der Waals surface area contributed by atoms with Crippen LogP contribution in [-0.4, -0.2) is 27.6 Å². The van der Waals surface area contributed by atoms with Crippen molar-refractivity contribution < 1.29 is 12.8 Å². The number of nitrogens with zero attached hydrogens (tertiary/aromatic N) is 1. The summed E-state index contributed by atoms with van der Waals surface area (Å²) in [6.45, 7) is 13.6. The van der Waals surface area contributed by atoms with Crippen LogP contribution in [0.4, 0.5) is 0 Å². The minimum Gasteiger partial charge on any atom is -0.416 e. The van der Waals surface area contributed by atoms with E-state index in [2.05, 4.69) is 45.8 Å². The molecule has 0 aliphatic heterocycles. The summed E-state index contributed by atoms with van der Waals surface area (Å²) in [6.07, 6.45) is 0.487. The van der Waals surface area contributed by atoms with E-state index in [0.717, 1.165) is 11.1 Å². The van der Waals surface area contributed by atoms with Crippen LogP contribution in [-0.2, 0) is 21.0 Å². The van der Waals surface area contributed by atoms with Gasteiger partial charge in [0, 0.05) is 19.1 Å². The van der Waals surface area contributed by atoms with Gasteiger partial charge in [-0.05, 0) is 42.8 Å². The fraction of sp³-hybridized carbons (Fsp3) is 0.417. The van der Waals surface area contributed by atoms with Crippen molar-refractivity contribution in [3.05, 3.63) is 65.7 Å². The first-order valence-electron chi connectivity index (χ1n) is 10.2. The molecule has 0 aromatic heterocycles. The number of benzene rings is 2. The van der Waals surface area contributed by atoms with Gasteiger partial charge in [0.25, 0.3) is 10.0 Å². The van der Waals surface area contributed by atoms with E-state index in [0.29, 0.717) is 13.0 Å². The Morgan fingerprint density at radius 3 is 2.17 bits per heavy atom. The smallest absolute Gasteiger partial charge is 0.271 e. The molecular formula is C24H33NO3SSi. The van der Waals surface area contributed by atoms with E-state index >= 15 is 0 Å². The second-order valence-electron chi connectivity index (χ2n) is 8.96. The fourth-order valence-electron chi connectivity index (χ4n) is 2.49. The largest absolute Gasteiger partial charge is 0.416 e. The molecule has 2 aromatic carbocycles. The average Bonchev–Trinajstić information content (AvgIpc) is 2.67. The van der Waals surface area contributed by atoms with Gasteiger partial charge in [-0.3, -0.25) is 0 Å². The summed E-state index contributed by atoms with van der Waals surface area (Å²) in [5.74, 6) is 3.01. The highest BCUT2D eigenvalue weighted by Crippen LogP contribution is 2.36. The Morgan fingerprint density at radius 1 is 1.00 bits per heavy atom. The molecule has 2 rings (SSSR count). The SMILES string of the molecule is Cc1ccc(S(=O)(=O)N(C#CCCO[Si](C)(C)C(C)(C)C)Cc2ccccc2)cc1. The molecule has 0 saturated heterocycles. The second-order valence-corrected chi connectivity index (χ2v) is 15.6. The Bertz CT molecular complexity index is 983. The van der Waals surface area contributed by atoms with E-state index in [-0.39, 0.29) is 16.5 Å². The molecule has 0 radical (unpaired) electrons. The average molecular weight is 444 g/mol. The molecule has 0 aliphatic rings. The third kappa shape index (κ3) is 6.46. The Hall–Kier alpha value is -2.07. The van der Waals surface area contributed by atoms with Crippen LogP contribution in [0.25, 0.3) is 0 Å². The highest BCUT2D eigenvalue weighted by Gasteiger charge is 2.36. The van der Waals surface area contributed by atoms with E-state index in [4.69, 9.17) is 4.43 Å². The highest BCUT2D eigenvalue weighted by molar-refractivity contribution is 7.89. The number of rotatable bonds is 7. The quantitative estimate of drug-likeness (QED) is 0.244. The molecule has 2 aromatic rings. The zero-order valence-electron chi connectivity index (χ0n) is 18.9. The minimum atomic E-state index is -3.73. The van der Waals surface area contributed by atoms with Crippen LogP contribution in [0.3, 0.4) is 0 Å². The normalized spacial score (nSPS) is 12.2. The third-order valence-corrected chi connectivity index (χ3v) is 11.7. The zero-order valence-corrected chi connectivity index (χ0v) is 20.7. The zero-order chi connectivity index (χ0) is 22.4. The van der Waals surface area contributed by atoms with Crippen LogP contribution in [0.2, 0.25) is 18.1 Å². The van der Waals surface area contributed by atoms with Crippen molar-refractivity contribution in [2.24, 2.45) is 0 Å². The molecular weight excluding hydrogens is 410 g/mol. The van der Waals surface area contributed by atoms with Crippen molar-refractivity contribution in [1.29, 1.82) is 0 Å². The molecule has 30 heavy (non-hydrogen) atoms. The molecule has 6 heteroatoms. The number of sulfonamides is 1. The maximum Gasteiger partial charge on any atom is 0.271 e. The second kappa shape index (κ2) is 9.82. The first-order chi connectivity index (χ1) is 13.9. The summed E-state index contributed by atoms with van der Waals surface area (Å²) in [7, 11) is -5.56. The van der Waals surface area contributed by atoms with Crippen molar-refractivity contribution >= 4 is 18.3 Å². The van der Waals surface area contributed by atoms with Crippen molar-refractivity contribution in [1.82, 2.24) is 4.31 Å². The van der Waals surface area contributed by atoms with Crippen LogP contribution >= 0.6 is 0 Å². The Labute approximate surface area is 183 Å². The minimum absolute atomic E-state index is 0.133. The Kier molecular flexibility index (Phi) is 7.92. The molecule has 0 heterocycles. The van der Waals surface area contributed by atoms with Gasteiger partial charge >= 0.3 is 0 Å². The molecule has 0 aliphatic carbocycles. The summed E-state index contributed by atoms with van der Waals surface area (Å²) in [5.41, 5.74) is 1.90. The first kappa shape index (κ1) is 24.2. The summed E-state index contributed by atoms with van der Waals surface area (Å²) in [6, 6.07) is 19.2.